The molecule has 0 radical (unpaired) electrons. The second-order valence-corrected chi connectivity index (χ2v) is 3.16. The van der Waals surface area contributed by atoms with Gasteiger partial charge in [-0.05, 0) is 6.08 Å². The lowest BCUT2D eigenvalue weighted by molar-refractivity contribution is -0.140. The van der Waals surface area contributed by atoms with E-state index < -0.39 is 0 Å². The number of amides is 2. The lowest BCUT2D eigenvalue weighted by Crippen LogP contribution is -2.54. The first-order valence-corrected chi connectivity index (χ1v) is 4.44. The van der Waals surface area contributed by atoms with Crippen LogP contribution in [-0.4, -0.2) is 42.5 Å². The van der Waals surface area contributed by atoms with Gasteiger partial charge in [-0.25, -0.2) is 0 Å². The number of carbonyl (C=O) groups is 2. The molecule has 0 aliphatic carbocycles. The van der Waals surface area contributed by atoms with Crippen molar-refractivity contribution in [2.24, 2.45) is 5.73 Å². The molecule has 0 bridgehead atoms. The second-order valence-electron chi connectivity index (χ2n) is 3.16. The predicted octanol–water partition coefficient (Wildman–Crippen LogP) is -0.725. The summed E-state index contributed by atoms with van der Waals surface area (Å²) in [5, 5.41) is 0. The van der Waals surface area contributed by atoms with Crippen LogP contribution in [0, 0.1) is 0 Å². The molecular weight excluding hydrogens is 184 g/mol. The zero-order chi connectivity index (χ0) is 10.6. The van der Waals surface area contributed by atoms with Gasteiger partial charge in [-0.1, -0.05) is 6.58 Å². The van der Waals surface area contributed by atoms with Gasteiger partial charge in [0.15, 0.2) is 0 Å². The number of likely N-dealkylation sites (tertiary alicyclic amines) is 1. The minimum atomic E-state index is -0.372. The molecule has 1 aliphatic rings. The summed E-state index contributed by atoms with van der Waals surface area (Å²) >= 11 is 0. The Labute approximate surface area is 82.5 Å². The van der Waals surface area contributed by atoms with Gasteiger partial charge in [-0.15, -0.1) is 0 Å². The summed E-state index contributed by atoms with van der Waals surface area (Å²) < 4.78 is 5.28. The Bertz CT molecular complexity index is 246. The first-order valence-electron chi connectivity index (χ1n) is 4.44. The van der Waals surface area contributed by atoms with Crippen molar-refractivity contribution in [3.63, 3.8) is 0 Å². The smallest absolute Gasteiger partial charge is 0.246 e. The van der Waals surface area contributed by atoms with Gasteiger partial charge in [0.2, 0.25) is 11.8 Å². The summed E-state index contributed by atoms with van der Waals surface area (Å²) in [5.74, 6) is -0.455. The number of hydrogen-bond donors (Lipinski definition) is 1. The lowest BCUT2D eigenvalue weighted by atomic mass is 10.1. The molecule has 0 atom stereocenters. The van der Waals surface area contributed by atoms with E-state index in [1.165, 1.54) is 6.08 Å². The van der Waals surface area contributed by atoms with Crippen molar-refractivity contribution in [1.82, 2.24) is 4.90 Å². The molecule has 5 heteroatoms. The topological polar surface area (TPSA) is 72.6 Å². The average Bonchev–Trinajstić information content (AvgIpc) is 2.07. The Morgan fingerprint density at radius 2 is 2.21 bits per heavy atom. The van der Waals surface area contributed by atoms with Crippen LogP contribution < -0.4 is 5.73 Å². The van der Waals surface area contributed by atoms with Gasteiger partial charge >= 0.3 is 0 Å². The highest BCUT2D eigenvalue weighted by Crippen LogP contribution is 2.11. The van der Waals surface area contributed by atoms with Crippen LogP contribution in [0.1, 0.15) is 6.42 Å². The number of hydrogen-bond acceptors (Lipinski definition) is 3. The van der Waals surface area contributed by atoms with E-state index in [2.05, 4.69) is 6.58 Å². The standard InChI is InChI=1S/C9H14N2O3/c1-2-9(13)11-5-7(6-11)14-4-3-8(10)12/h2,7H,1,3-6H2,(H2,10,12). The number of ether oxygens (including phenoxy) is 1. The lowest BCUT2D eigenvalue weighted by Gasteiger charge is -2.38. The predicted molar refractivity (Wildman–Crippen MR) is 50.3 cm³/mol. The van der Waals surface area contributed by atoms with Gasteiger partial charge in [-0.3, -0.25) is 9.59 Å². The maximum atomic E-state index is 11.0. The molecule has 1 heterocycles. The maximum absolute atomic E-state index is 11.0. The molecule has 0 spiro atoms. The zero-order valence-corrected chi connectivity index (χ0v) is 7.94. The first kappa shape index (κ1) is 10.7. The number of rotatable bonds is 5. The molecule has 0 aromatic rings. The summed E-state index contributed by atoms with van der Waals surface area (Å²) in [6.45, 7) is 4.86. The molecule has 5 nitrogen and oxygen atoms in total. The van der Waals surface area contributed by atoms with E-state index in [9.17, 15) is 9.59 Å². The normalized spacial score (nSPS) is 16.1. The Balaban J connectivity index is 2.07. The highest BCUT2D eigenvalue weighted by atomic mass is 16.5. The summed E-state index contributed by atoms with van der Waals surface area (Å²) in [4.78, 5) is 23.0. The summed E-state index contributed by atoms with van der Waals surface area (Å²) in [6, 6.07) is 0. The highest BCUT2D eigenvalue weighted by molar-refractivity contribution is 5.87. The Morgan fingerprint density at radius 1 is 1.57 bits per heavy atom. The monoisotopic (exact) mass is 198 g/mol. The van der Waals surface area contributed by atoms with E-state index in [-0.39, 0.29) is 24.3 Å². The minimum absolute atomic E-state index is 0.0400. The van der Waals surface area contributed by atoms with Crippen LogP contribution >= 0.6 is 0 Å². The van der Waals surface area contributed by atoms with Crippen LogP contribution in [0.5, 0.6) is 0 Å². The Kier molecular flexibility index (Phi) is 3.64. The van der Waals surface area contributed by atoms with Crippen LogP contribution in [-0.2, 0) is 14.3 Å². The van der Waals surface area contributed by atoms with Crippen LogP contribution in [0.25, 0.3) is 0 Å². The quantitative estimate of drug-likeness (QED) is 0.592. The molecule has 1 aliphatic heterocycles. The molecule has 0 unspecified atom stereocenters. The molecule has 1 rings (SSSR count). The Morgan fingerprint density at radius 3 is 2.71 bits per heavy atom. The summed E-state index contributed by atoms with van der Waals surface area (Å²) in [7, 11) is 0. The van der Waals surface area contributed by atoms with Crippen molar-refractivity contribution in [1.29, 1.82) is 0 Å². The molecular formula is C9H14N2O3. The SMILES string of the molecule is C=CC(=O)N1CC(OCCC(N)=O)C1. The molecule has 0 aromatic heterocycles. The van der Waals surface area contributed by atoms with Crippen molar-refractivity contribution >= 4 is 11.8 Å². The van der Waals surface area contributed by atoms with Gasteiger partial charge in [0.05, 0.1) is 12.7 Å². The fourth-order valence-electron chi connectivity index (χ4n) is 1.18. The van der Waals surface area contributed by atoms with Crippen molar-refractivity contribution in [2.45, 2.75) is 12.5 Å². The van der Waals surface area contributed by atoms with E-state index in [0.717, 1.165) is 0 Å². The van der Waals surface area contributed by atoms with Gasteiger partial charge in [0.1, 0.15) is 0 Å². The van der Waals surface area contributed by atoms with Gasteiger partial charge in [0.25, 0.3) is 0 Å². The molecule has 0 aromatic carbocycles. The van der Waals surface area contributed by atoms with Gasteiger partial charge in [-0.2, -0.15) is 0 Å². The first-order chi connectivity index (χ1) is 6.63. The van der Waals surface area contributed by atoms with Crippen molar-refractivity contribution in [3.05, 3.63) is 12.7 Å². The molecule has 1 saturated heterocycles. The van der Waals surface area contributed by atoms with Crippen LogP contribution in [0.2, 0.25) is 0 Å². The highest BCUT2D eigenvalue weighted by Gasteiger charge is 2.29. The van der Waals surface area contributed by atoms with Crippen LogP contribution in [0.3, 0.4) is 0 Å². The third kappa shape index (κ3) is 2.85. The fourth-order valence-corrected chi connectivity index (χ4v) is 1.18. The fraction of sp³-hybridized carbons (Fsp3) is 0.556. The van der Waals surface area contributed by atoms with Crippen LogP contribution in [0.15, 0.2) is 12.7 Å². The van der Waals surface area contributed by atoms with E-state index in [1.807, 2.05) is 0 Å². The van der Waals surface area contributed by atoms with Crippen LogP contribution in [0.4, 0.5) is 0 Å². The zero-order valence-electron chi connectivity index (χ0n) is 7.94. The van der Waals surface area contributed by atoms with E-state index >= 15 is 0 Å². The molecule has 0 saturated carbocycles. The Hall–Kier alpha value is -1.36. The number of nitrogens with two attached hydrogens (primary N) is 1. The minimum Gasteiger partial charge on any atom is -0.374 e. The van der Waals surface area contributed by atoms with Crippen molar-refractivity contribution < 1.29 is 14.3 Å². The number of primary amides is 1. The molecule has 2 N–H and O–H groups in total. The van der Waals surface area contributed by atoms with E-state index in [1.54, 1.807) is 4.90 Å². The summed E-state index contributed by atoms with van der Waals surface area (Å²) in [6.07, 6.45) is 1.55. The largest absolute Gasteiger partial charge is 0.374 e. The van der Waals surface area contributed by atoms with E-state index in [0.29, 0.717) is 19.7 Å². The molecule has 14 heavy (non-hydrogen) atoms. The maximum Gasteiger partial charge on any atom is 0.246 e. The second kappa shape index (κ2) is 4.76. The third-order valence-electron chi connectivity index (χ3n) is 2.04. The molecule has 2 amide bonds. The number of carbonyl (C=O) groups excluding carboxylic acids is 2. The van der Waals surface area contributed by atoms with Crippen molar-refractivity contribution in [3.8, 4) is 0 Å². The third-order valence-corrected chi connectivity index (χ3v) is 2.04. The molecule has 1 fully saturated rings. The number of nitrogens with zero attached hydrogens (tertiary/aromatic N) is 1. The van der Waals surface area contributed by atoms with Crippen molar-refractivity contribution in [2.75, 3.05) is 19.7 Å². The summed E-state index contributed by atoms with van der Waals surface area (Å²) in [5.41, 5.74) is 4.94. The molecule has 78 valence electrons. The van der Waals surface area contributed by atoms with E-state index in [4.69, 9.17) is 10.5 Å². The van der Waals surface area contributed by atoms with Gasteiger partial charge < -0.3 is 15.4 Å². The van der Waals surface area contributed by atoms with Gasteiger partial charge in [0, 0.05) is 19.5 Å². The average molecular weight is 198 g/mol.